The molecular formula is C9H7F2NO. The number of benzene rings is 1. The Morgan fingerprint density at radius 1 is 1.38 bits per heavy atom. The van der Waals surface area contributed by atoms with Crippen LogP contribution in [0.25, 0.3) is 0 Å². The second kappa shape index (κ2) is 2.52. The number of amides is 1. The fourth-order valence-corrected chi connectivity index (χ4v) is 1.46. The van der Waals surface area contributed by atoms with Gasteiger partial charge in [-0.3, -0.25) is 4.79 Å². The third kappa shape index (κ3) is 1.02. The molecule has 0 aromatic heterocycles. The van der Waals surface area contributed by atoms with E-state index in [1.54, 1.807) is 7.05 Å². The van der Waals surface area contributed by atoms with Crippen LogP contribution in [0.5, 0.6) is 0 Å². The summed E-state index contributed by atoms with van der Waals surface area (Å²) in [7, 11) is 1.56. The zero-order chi connectivity index (χ0) is 9.59. The summed E-state index contributed by atoms with van der Waals surface area (Å²) in [5.74, 6) is -2.06. The number of hydrogen-bond donors (Lipinski definition) is 0. The molecule has 1 aromatic carbocycles. The second-order valence-electron chi connectivity index (χ2n) is 3.05. The van der Waals surface area contributed by atoms with E-state index in [9.17, 15) is 13.6 Å². The van der Waals surface area contributed by atoms with Gasteiger partial charge in [-0.2, -0.15) is 0 Å². The van der Waals surface area contributed by atoms with Crippen molar-refractivity contribution in [2.45, 2.75) is 6.54 Å². The highest BCUT2D eigenvalue weighted by atomic mass is 19.2. The van der Waals surface area contributed by atoms with E-state index < -0.39 is 11.6 Å². The first-order chi connectivity index (χ1) is 6.11. The molecule has 0 unspecified atom stereocenters. The van der Waals surface area contributed by atoms with Crippen molar-refractivity contribution in [1.29, 1.82) is 0 Å². The second-order valence-corrected chi connectivity index (χ2v) is 3.05. The molecule has 2 rings (SSSR count). The number of fused-ring (bicyclic) bond motifs is 1. The van der Waals surface area contributed by atoms with E-state index in [1.165, 1.54) is 11.0 Å². The molecule has 1 amide bonds. The molecular weight excluding hydrogens is 176 g/mol. The number of nitrogens with zero attached hydrogens (tertiary/aromatic N) is 1. The van der Waals surface area contributed by atoms with Gasteiger partial charge in [0.15, 0.2) is 11.6 Å². The monoisotopic (exact) mass is 183 g/mol. The van der Waals surface area contributed by atoms with Crippen molar-refractivity contribution in [1.82, 2.24) is 4.90 Å². The van der Waals surface area contributed by atoms with Gasteiger partial charge in [0.25, 0.3) is 5.91 Å². The highest BCUT2D eigenvalue weighted by Crippen LogP contribution is 2.25. The molecule has 1 aliphatic rings. The van der Waals surface area contributed by atoms with Crippen molar-refractivity contribution in [3.05, 3.63) is 34.9 Å². The number of rotatable bonds is 0. The molecule has 68 valence electrons. The lowest BCUT2D eigenvalue weighted by Gasteiger charge is -2.04. The van der Waals surface area contributed by atoms with Gasteiger partial charge in [0.2, 0.25) is 0 Å². The number of carbonyl (C=O) groups excluding carboxylic acids is 1. The summed E-state index contributed by atoms with van der Waals surface area (Å²) >= 11 is 0. The Balaban J connectivity index is 2.64. The largest absolute Gasteiger partial charge is 0.337 e. The minimum atomic E-state index is -0.907. The van der Waals surface area contributed by atoms with Gasteiger partial charge in [-0.05, 0) is 12.1 Å². The Morgan fingerprint density at radius 2 is 2.08 bits per heavy atom. The van der Waals surface area contributed by atoms with Crippen molar-refractivity contribution in [2.24, 2.45) is 0 Å². The summed E-state index contributed by atoms with van der Waals surface area (Å²) in [4.78, 5) is 12.7. The Kier molecular flexibility index (Phi) is 1.58. The Bertz CT molecular complexity index is 389. The molecule has 0 bridgehead atoms. The molecule has 0 radical (unpaired) electrons. The standard InChI is InChI=1S/C9H7F2NO/c1-12-4-6-5(9(12)13)2-3-7(10)8(6)11/h2-3H,4H2,1H3. The quantitative estimate of drug-likeness (QED) is 0.597. The SMILES string of the molecule is CN1Cc2c(ccc(F)c2F)C1=O. The first-order valence-corrected chi connectivity index (χ1v) is 3.83. The summed E-state index contributed by atoms with van der Waals surface area (Å²) < 4.78 is 25.8. The number of carbonyl (C=O) groups is 1. The van der Waals surface area contributed by atoms with Gasteiger partial charge in [-0.25, -0.2) is 8.78 Å². The van der Waals surface area contributed by atoms with Crippen molar-refractivity contribution >= 4 is 5.91 Å². The van der Waals surface area contributed by atoms with Crippen LogP contribution in [0, 0.1) is 11.6 Å². The number of halogens is 2. The zero-order valence-corrected chi connectivity index (χ0v) is 6.97. The minimum Gasteiger partial charge on any atom is -0.337 e. The topological polar surface area (TPSA) is 20.3 Å². The highest BCUT2D eigenvalue weighted by Gasteiger charge is 2.28. The molecule has 1 aliphatic heterocycles. The smallest absolute Gasteiger partial charge is 0.254 e. The maximum absolute atomic E-state index is 13.1. The van der Waals surface area contributed by atoms with E-state index in [0.717, 1.165) is 6.07 Å². The van der Waals surface area contributed by atoms with Gasteiger partial charge >= 0.3 is 0 Å². The summed E-state index contributed by atoms with van der Waals surface area (Å²) in [5, 5.41) is 0. The molecule has 1 aromatic rings. The molecule has 0 atom stereocenters. The Morgan fingerprint density at radius 3 is 2.77 bits per heavy atom. The van der Waals surface area contributed by atoms with E-state index >= 15 is 0 Å². The normalized spacial score (nSPS) is 15.0. The van der Waals surface area contributed by atoms with Crippen LogP contribution >= 0.6 is 0 Å². The van der Waals surface area contributed by atoms with Crippen LogP contribution in [0.15, 0.2) is 12.1 Å². The van der Waals surface area contributed by atoms with Crippen molar-refractivity contribution in [3.63, 3.8) is 0 Å². The summed E-state index contributed by atoms with van der Waals surface area (Å²) in [6.07, 6.45) is 0. The van der Waals surface area contributed by atoms with Crippen molar-refractivity contribution in [3.8, 4) is 0 Å². The van der Waals surface area contributed by atoms with Crippen LogP contribution in [-0.2, 0) is 6.54 Å². The van der Waals surface area contributed by atoms with Crippen molar-refractivity contribution in [2.75, 3.05) is 7.05 Å². The third-order valence-corrected chi connectivity index (χ3v) is 2.17. The van der Waals surface area contributed by atoms with E-state index in [0.29, 0.717) is 0 Å². The highest BCUT2D eigenvalue weighted by molar-refractivity contribution is 5.98. The molecule has 13 heavy (non-hydrogen) atoms. The molecule has 2 nitrogen and oxygen atoms in total. The summed E-state index contributed by atoms with van der Waals surface area (Å²) in [5.41, 5.74) is 0.425. The first-order valence-electron chi connectivity index (χ1n) is 3.83. The maximum atomic E-state index is 13.1. The van der Waals surface area contributed by atoms with E-state index in [1.807, 2.05) is 0 Å². The van der Waals surface area contributed by atoms with Crippen LogP contribution in [0.3, 0.4) is 0 Å². The van der Waals surface area contributed by atoms with Gasteiger partial charge in [0.1, 0.15) is 0 Å². The Hall–Kier alpha value is -1.45. The average molecular weight is 183 g/mol. The lowest BCUT2D eigenvalue weighted by molar-refractivity contribution is 0.0816. The lowest BCUT2D eigenvalue weighted by Crippen LogP contribution is -2.17. The summed E-state index contributed by atoms with van der Waals surface area (Å²) in [6, 6.07) is 2.30. The van der Waals surface area contributed by atoms with Crippen LogP contribution in [0.2, 0.25) is 0 Å². The molecule has 0 fully saturated rings. The van der Waals surface area contributed by atoms with Gasteiger partial charge in [-0.1, -0.05) is 0 Å². The average Bonchev–Trinajstić information content (AvgIpc) is 2.38. The minimum absolute atomic E-state index is 0.151. The van der Waals surface area contributed by atoms with E-state index in [2.05, 4.69) is 0 Å². The van der Waals surface area contributed by atoms with Gasteiger partial charge in [-0.15, -0.1) is 0 Å². The molecule has 0 saturated carbocycles. The molecule has 0 aliphatic carbocycles. The Labute approximate surface area is 73.8 Å². The predicted octanol–water partition coefficient (Wildman–Crippen LogP) is 1.55. The molecule has 0 spiro atoms. The predicted molar refractivity (Wildman–Crippen MR) is 42.2 cm³/mol. The van der Waals surface area contributed by atoms with Gasteiger partial charge < -0.3 is 4.90 Å². The number of hydrogen-bond acceptors (Lipinski definition) is 1. The molecule has 4 heteroatoms. The fourth-order valence-electron chi connectivity index (χ4n) is 1.46. The van der Waals surface area contributed by atoms with Crippen LogP contribution in [0.4, 0.5) is 8.78 Å². The van der Waals surface area contributed by atoms with Crippen LogP contribution < -0.4 is 0 Å². The molecule has 0 saturated heterocycles. The molecule has 0 N–H and O–H groups in total. The van der Waals surface area contributed by atoms with Gasteiger partial charge in [0, 0.05) is 24.7 Å². The fraction of sp³-hybridized carbons (Fsp3) is 0.222. The van der Waals surface area contributed by atoms with Crippen LogP contribution in [0.1, 0.15) is 15.9 Å². The summed E-state index contributed by atoms with van der Waals surface area (Å²) in [6.45, 7) is 0.151. The first kappa shape index (κ1) is 8.16. The lowest BCUT2D eigenvalue weighted by atomic mass is 10.1. The maximum Gasteiger partial charge on any atom is 0.254 e. The molecule has 1 heterocycles. The van der Waals surface area contributed by atoms with Crippen LogP contribution in [-0.4, -0.2) is 17.9 Å². The van der Waals surface area contributed by atoms with Crippen molar-refractivity contribution < 1.29 is 13.6 Å². The van der Waals surface area contributed by atoms with Gasteiger partial charge in [0.05, 0.1) is 0 Å². The van der Waals surface area contributed by atoms with E-state index in [4.69, 9.17) is 0 Å². The van der Waals surface area contributed by atoms with E-state index in [-0.39, 0.29) is 23.6 Å². The zero-order valence-electron chi connectivity index (χ0n) is 6.97. The third-order valence-electron chi connectivity index (χ3n) is 2.17.